The van der Waals surface area contributed by atoms with E-state index >= 15 is 0 Å². The fourth-order valence-corrected chi connectivity index (χ4v) is 2.30. The molecular weight excluding hydrogens is 366 g/mol. The molecule has 0 saturated heterocycles. The van der Waals surface area contributed by atoms with E-state index in [1.54, 1.807) is 20.8 Å². The van der Waals surface area contributed by atoms with Gasteiger partial charge in [-0.05, 0) is 49.7 Å². The summed E-state index contributed by atoms with van der Waals surface area (Å²) >= 11 is 8.91. The van der Waals surface area contributed by atoms with Gasteiger partial charge in [0.25, 0.3) is 0 Å². The van der Waals surface area contributed by atoms with Crippen LogP contribution in [0.25, 0.3) is 0 Å². The van der Waals surface area contributed by atoms with Crippen LogP contribution in [0.3, 0.4) is 0 Å². The molecule has 1 unspecified atom stereocenters. The number of rotatable bonds is 4. The average molecular weight is 381 g/mol. The summed E-state index contributed by atoms with van der Waals surface area (Å²) < 4.78 is 10.8. The van der Waals surface area contributed by atoms with Crippen molar-refractivity contribution in [1.29, 1.82) is 0 Å². The third kappa shape index (κ3) is 5.17. The number of hydrogen-bond acceptors (Lipinski definition) is 5. The first kappa shape index (κ1) is 17.7. The van der Waals surface area contributed by atoms with Crippen molar-refractivity contribution in [3.05, 3.63) is 31.7 Å². The molecule has 6 nitrogen and oxygen atoms in total. The zero-order valence-electron chi connectivity index (χ0n) is 12.0. The van der Waals surface area contributed by atoms with Gasteiger partial charge in [0.2, 0.25) is 5.75 Å². The zero-order chi connectivity index (χ0) is 16.4. The molecule has 0 fully saturated rings. The van der Waals surface area contributed by atoms with Gasteiger partial charge in [-0.15, -0.1) is 0 Å². The van der Waals surface area contributed by atoms with Crippen LogP contribution in [0, 0.1) is 10.1 Å². The molecule has 0 N–H and O–H groups in total. The summed E-state index contributed by atoms with van der Waals surface area (Å²) in [5, 5.41) is 11.2. The molecule has 0 heterocycles. The molecule has 1 aromatic carbocycles. The van der Waals surface area contributed by atoms with E-state index in [2.05, 4.69) is 15.9 Å². The normalized spacial score (nSPS) is 12.7. The predicted molar refractivity (Wildman–Crippen MR) is 81.7 cm³/mol. The van der Waals surface area contributed by atoms with Gasteiger partial charge in [0.05, 0.1) is 9.40 Å². The molecular formula is C13H15BrClNO5. The number of ether oxygens (including phenoxy) is 2. The molecule has 0 aromatic heterocycles. The number of carbonyl (C=O) groups excluding carboxylic acids is 1. The van der Waals surface area contributed by atoms with E-state index in [4.69, 9.17) is 21.1 Å². The van der Waals surface area contributed by atoms with Crippen LogP contribution in [0.1, 0.15) is 27.7 Å². The van der Waals surface area contributed by atoms with Crippen LogP contribution in [-0.2, 0) is 9.53 Å². The summed E-state index contributed by atoms with van der Waals surface area (Å²) in [7, 11) is 0. The van der Waals surface area contributed by atoms with Gasteiger partial charge in [0.15, 0.2) is 6.10 Å². The van der Waals surface area contributed by atoms with E-state index in [0.29, 0.717) is 0 Å². The Balaban J connectivity index is 3.02. The van der Waals surface area contributed by atoms with Gasteiger partial charge in [-0.1, -0.05) is 11.6 Å². The third-order valence-corrected chi connectivity index (χ3v) is 3.03. The number of carbonyl (C=O) groups is 1. The summed E-state index contributed by atoms with van der Waals surface area (Å²) in [4.78, 5) is 22.3. The van der Waals surface area contributed by atoms with Gasteiger partial charge in [-0.25, -0.2) is 4.79 Å². The van der Waals surface area contributed by atoms with Gasteiger partial charge in [-0.3, -0.25) is 10.1 Å². The minimum Gasteiger partial charge on any atom is -0.471 e. The summed E-state index contributed by atoms with van der Waals surface area (Å²) in [5.41, 5.74) is -0.998. The van der Waals surface area contributed by atoms with Gasteiger partial charge in [0.1, 0.15) is 5.60 Å². The van der Waals surface area contributed by atoms with Crippen LogP contribution >= 0.6 is 27.5 Å². The Bertz CT molecular complexity index is 570. The minimum atomic E-state index is -1.000. The smallest absolute Gasteiger partial charge is 0.347 e. The van der Waals surface area contributed by atoms with Gasteiger partial charge in [0, 0.05) is 11.1 Å². The van der Waals surface area contributed by atoms with E-state index in [0.717, 1.165) is 6.07 Å². The Morgan fingerprint density at radius 2 is 2.00 bits per heavy atom. The molecule has 0 spiro atoms. The van der Waals surface area contributed by atoms with Crippen molar-refractivity contribution in [3.8, 4) is 5.75 Å². The number of nitrogens with zero attached hydrogens (tertiary/aromatic N) is 1. The van der Waals surface area contributed by atoms with Crippen LogP contribution in [0.5, 0.6) is 5.75 Å². The lowest BCUT2D eigenvalue weighted by Crippen LogP contribution is -2.33. The van der Waals surface area contributed by atoms with Crippen LogP contribution in [0.4, 0.5) is 5.69 Å². The lowest BCUT2D eigenvalue weighted by molar-refractivity contribution is -0.386. The molecule has 0 bridgehead atoms. The highest BCUT2D eigenvalue weighted by atomic mass is 79.9. The average Bonchev–Trinajstić information content (AvgIpc) is 2.29. The Hall–Kier alpha value is -1.34. The molecule has 0 radical (unpaired) electrons. The maximum atomic E-state index is 11.9. The van der Waals surface area contributed by atoms with E-state index < -0.39 is 22.6 Å². The van der Waals surface area contributed by atoms with Gasteiger partial charge >= 0.3 is 11.7 Å². The van der Waals surface area contributed by atoms with E-state index in [9.17, 15) is 14.9 Å². The molecule has 1 rings (SSSR count). The van der Waals surface area contributed by atoms with Crippen LogP contribution < -0.4 is 4.74 Å². The van der Waals surface area contributed by atoms with Crippen molar-refractivity contribution in [3.63, 3.8) is 0 Å². The number of halogens is 2. The second-order valence-corrected chi connectivity index (χ2v) is 6.58. The first-order chi connectivity index (χ1) is 9.51. The zero-order valence-corrected chi connectivity index (χ0v) is 14.3. The SMILES string of the molecule is CC(Oc1c(Br)cc(Cl)cc1[N+](=O)[O-])C(=O)OC(C)(C)C. The van der Waals surface area contributed by atoms with Crippen LogP contribution in [0.2, 0.25) is 5.02 Å². The second-order valence-electron chi connectivity index (χ2n) is 5.29. The standard InChI is InChI=1S/C13H15BrClNO5/c1-7(12(17)21-13(2,3)4)20-11-9(14)5-8(15)6-10(11)16(18)19/h5-7H,1-4H3. The van der Waals surface area contributed by atoms with Crippen molar-refractivity contribution in [2.75, 3.05) is 0 Å². The van der Waals surface area contributed by atoms with Crippen molar-refractivity contribution in [2.24, 2.45) is 0 Å². The second kappa shape index (κ2) is 6.62. The maximum absolute atomic E-state index is 11.9. The number of esters is 1. The fourth-order valence-electron chi connectivity index (χ4n) is 1.41. The first-order valence-corrected chi connectivity index (χ1v) is 7.21. The molecule has 1 aromatic rings. The van der Waals surface area contributed by atoms with E-state index in [-0.39, 0.29) is 20.9 Å². The summed E-state index contributed by atoms with van der Waals surface area (Å²) in [5.74, 6) is -0.679. The van der Waals surface area contributed by atoms with Gasteiger partial charge in [-0.2, -0.15) is 0 Å². The number of benzene rings is 1. The minimum absolute atomic E-state index is 0.0669. The quantitative estimate of drug-likeness (QED) is 0.446. The van der Waals surface area contributed by atoms with E-state index in [1.807, 2.05) is 0 Å². The largest absolute Gasteiger partial charge is 0.471 e. The number of nitro groups is 1. The molecule has 21 heavy (non-hydrogen) atoms. The maximum Gasteiger partial charge on any atom is 0.347 e. The van der Waals surface area contributed by atoms with Gasteiger partial charge < -0.3 is 9.47 Å². The Morgan fingerprint density at radius 3 is 2.48 bits per heavy atom. The molecule has 8 heteroatoms. The summed E-state index contributed by atoms with van der Waals surface area (Å²) in [6, 6.07) is 2.61. The monoisotopic (exact) mass is 379 g/mol. The molecule has 0 saturated carbocycles. The summed E-state index contributed by atoms with van der Waals surface area (Å²) in [6.45, 7) is 6.62. The lowest BCUT2D eigenvalue weighted by atomic mass is 10.2. The van der Waals surface area contributed by atoms with Crippen molar-refractivity contribution in [1.82, 2.24) is 0 Å². The molecule has 0 aliphatic heterocycles. The van der Waals surface area contributed by atoms with E-state index in [1.165, 1.54) is 13.0 Å². The Labute approximate surface area is 135 Å². The molecule has 0 aliphatic carbocycles. The highest BCUT2D eigenvalue weighted by molar-refractivity contribution is 9.10. The van der Waals surface area contributed by atoms with Crippen molar-refractivity contribution < 1.29 is 19.2 Å². The lowest BCUT2D eigenvalue weighted by Gasteiger charge is -2.22. The molecule has 116 valence electrons. The molecule has 0 aliphatic rings. The predicted octanol–water partition coefficient (Wildman–Crippen LogP) is 4.12. The highest BCUT2D eigenvalue weighted by Crippen LogP contribution is 2.38. The van der Waals surface area contributed by atoms with Crippen molar-refractivity contribution >= 4 is 39.2 Å². The summed E-state index contributed by atoms with van der Waals surface area (Å²) in [6.07, 6.45) is -1.000. The van der Waals surface area contributed by atoms with Crippen LogP contribution in [-0.4, -0.2) is 22.6 Å². The molecule has 1 atom stereocenters. The Morgan fingerprint density at radius 1 is 1.43 bits per heavy atom. The Kier molecular flexibility index (Phi) is 5.58. The highest BCUT2D eigenvalue weighted by Gasteiger charge is 2.27. The topological polar surface area (TPSA) is 78.7 Å². The third-order valence-electron chi connectivity index (χ3n) is 2.22. The van der Waals surface area contributed by atoms with Crippen LogP contribution in [0.15, 0.2) is 16.6 Å². The number of nitro benzene ring substituents is 1. The fraction of sp³-hybridized carbons (Fsp3) is 0.462. The molecule has 0 amide bonds. The van der Waals surface area contributed by atoms with Crippen molar-refractivity contribution in [2.45, 2.75) is 39.4 Å². The first-order valence-electron chi connectivity index (χ1n) is 6.04. The number of hydrogen-bond donors (Lipinski definition) is 0.